The SMILES string of the molecule is CCc1ccccc1N(CC(=O)N(Cc1c(Cl)cccc1Cl)[C@@H](C)C(=O)NC)S(=O)(=O)c1ccc(C)cc1. The van der Waals surface area contributed by atoms with Gasteiger partial charge in [-0.2, -0.15) is 0 Å². The van der Waals surface area contributed by atoms with E-state index in [1.54, 1.807) is 49.4 Å². The third-order valence-corrected chi connectivity index (χ3v) is 8.82. The van der Waals surface area contributed by atoms with E-state index < -0.39 is 34.4 Å². The average molecular weight is 577 g/mol. The summed E-state index contributed by atoms with van der Waals surface area (Å²) in [6.45, 7) is 4.73. The van der Waals surface area contributed by atoms with Gasteiger partial charge in [-0.1, -0.05) is 72.1 Å². The molecule has 10 heteroatoms. The zero-order chi connectivity index (χ0) is 28.0. The molecule has 0 radical (unpaired) electrons. The Morgan fingerprint density at radius 1 is 0.947 bits per heavy atom. The molecule has 2 amide bonds. The van der Waals surface area contributed by atoms with Crippen molar-refractivity contribution in [1.29, 1.82) is 0 Å². The number of rotatable bonds is 10. The molecule has 1 N–H and O–H groups in total. The normalized spacial score (nSPS) is 12.1. The van der Waals surface area contributed by atoms with Gasteiger partial charge in [-0.25, -0.2) is 8.42 Å². The lowest BCUT2D eigenvalue weighted by Crippen LogP contribution is -2.51. The standard InChI is InChI=1S/C28H31Cl2N3O4S/c1-5-21-9-6-7-12-26(21)33(38(36,37)22-15-13-19(2)14-16-22)18-27(34)32(20(3)28(35)31-4)17-23-24(29)10-8-11-25(23)30/h6-16,20H,5,17-18H2,1-4H3,(H,31,35)/t20-/m0/s1. The number of amides is 2. The number of hydrogen-bond donors (Lipinski definition) is 1. The summed E-state index contributed by atoms with van der Waals surface area (Å²) in [4.78, 5) is 27.9. The number of carbonyl (C=O) groups is 2. The quantitative estimate of drug-likeness (QED) is 0.359. The largest absolute Gasteiger partial charge is 0.357 e. The number of carbonyl (C=O) groups excluding carboxylic acids is 2. The molecule has 202 valence electrons. The van der Waals surface area contributed by atoms with Crippen molar-refractivity contribution in [1.82, 2.24) is 10.2 Å². The number of hydrogen-bond acceptors (Lipinski definition) is 4. The molecule has 7 nitrogen and oxygen atoms in total. The minimum Gasteiger partial charge on any atom is -0.357 e. The summed E-state index contributed by atoms with van der Waals surface area (Å²) in [5, 5.41) is 3.22. The molecule has 0 heterocycles. The highest BCUT2D eigenvalue weighted by Crippen LogP contribution is 2.30. The Hall–Kier alpha value is -3.07. The van der Waals surface area contributed by atoms with Gasteiger partial charge in [-0.05, 0) is 56.2 Å². The van der Waals surface area contributed by atoms with Crippen molar-refractivity contribution in [2.75, 3.05) is 17.9 Å². The summed E-state index contributed by atoms with van der Waals surface area (Å²) < 4.78 is 29.0. The maximum absolute atomic E-state index is 13.9. The van der Waals surface area contributed by atoms with Crippen LogP contribution in [0.4, 0.5) is 5.69 Å². The molecule has 0 saturated carbocycles. The Kier molecular flexibility index (Phi) is 9.82. The summed E-state index contributed by atoms with van der Waals surface area (Å²) in [5.41, 5.74) is 2.52. The van der Waals surface area contributed by atoms with Crippen molar-refractivity contribution in [3.8, 4) is 0 Å². The predicted molar refractivity (Wildman–Crippen MR) is 152 cm³/mol. The van der Waals surface area contributed by atoms with Gasteiger partial charge in [0.05, 0.1) is 10.6 Å². The Labute approximate surface area is 234 Å². The number of likely N-dealkylation sites (N-methyl/N-ethyl adjacent to an activating group) is 1. The molecular weight excluding hydrogens is 545 g/mol. The third-order valence-electron chi connectivity index (χ3n) is 6.33. The highest BCUT2D eigenvalue weighted by molar-refractivity contribution is 7.92. The third kappa shape index (κ3) is 6.49. The van der Waals surface area contributed by atoms with Crippen molar-refractivity contribution in [2.45, 2.75) is 44.7 Å². The number of nitrogens with one attached hydrogen (secondary N) is 1. The number of aryl methyl sites for hydroxylation is 2. The van der Waals surface area contributed by atoms with E-state index in [1.165, 1.54) is 24.1 Å². The van der Waals surface area contributed by atoms with E-state index >= 15 is 0 Å². The summed E-state index contributed by atoms with van der Waals surface area (Å²) in [7, 11) is -2.67. The molecule has 0 fully saturated rings. The van der Waals surface area contributed by atoms with Crippen LogP contribution in [0.25, 0.3) is 0 Å². The number of para-hydroxylation sites is 1. The fraction of sp³-hybridized carbons (Fsp3) is 0.286. The van der Waals surface area contributed by atoms with Crippen LogP contribution >= 0.6 is 23.2 Å². The van der Waals surface area contributed by atoms with Gasteiger partial charge in [0, 0.05) is 29.2 Å². The molecular formula is C28H31Cl2N3O4S. The average Bonchev–Trinajstić information content (AvgIpc) is 2.90. The van der Waals surface area contributed by atoms with Gasteiger partial charge < -0.3 is 10.2 Å². The number of halogens is 2. The zero-order valence-corrected chi connectivity index (χ0v) is 24.1. The summed E-state index contributed by atoms with van der Waals surface area (Å²) in [6, 6.07) is 17.5. The lowest BCUT2D eigenvalue weighted by molar-refractivity contribution is -0.139. The second-order valence-electron chi connectivity index (χ2n) is 8.82. The molecule has 0 saturated heterocycles. The van der Waals surface area contributed by atoms with Crippen LogP contribution in [0.2, 0.25) is 10.0 Å². The van der Waals surface area contributed by atoms with Gasteiger partial charge >= 0.3 is 0 Å². The van der Waals surface area contributed by atoms with E-state index in [9.17, 15) is 18.0 Å². The molecule has 0 unspecified atom stereocenters. The van der Waals surface area contributed by atoms with Crippen LogP contribution in [-0.4, -0.2) is 44.8 Å². The molecule has 0 aliphatic carbocycles. The maximum Gasteiger partial charge on any atom is 0.264 e. The maximum atomic E-state index is 13.9. The Morgan fingerprint density at radius 2 is 1.55 bits per heavy atom. The zero-order valence-electron chi connectivity index (χ0n) is 21.7. The topological polar surface area (TPSA) is 86.8 Å². The summed E-state index contributed by atoms with van der Waals surface area (Å²) >= 11 is 12.7. The van der Waals surface area contributed by atoms with E-state index in [0.29, 0.717) is 27.7 Å². The van der Waals surface area contributed by atoms with E-state index in [0.717, 1.165) is 15.4 Å². The van der Waals surface area contributed by atoms with Crippen molar-refractivity contribution in [2.24, 2.45) is 0 Å². The first-order valence-electron chi connectivity index (χ1n) is 12.1. The Balaban J connectivity index is 2.11. The Morgan fingerprint density at radius 3 is 2.13 bits per heavy atom. The molecule has 1 atom stereocenters. The van der Waals surface area contributed by atoms with Crippen LogP contribution < -0.4 is 9.62 Å². The van der Waals surface area contributed by atoms with Crippen molar-refractivity contribution < 1.29 is 18.0 Å². The van der Waals surface area contributed by atoms with E-state index in [4.69, 9.17) is 23.2 Å². The number of benzene rings is 3. The van der Waals surface area contributed by atoms with Crippen LogP contribution in [0.3, 0.4) is 0 Å². The van der Waals surface area contributed by atoms with Crippen LogP contribution in [0.5, 0.6) is 0 Å². The molecule has 3 aromatic carbocycles. The van der Waals surface area contributed by atoms with Gasteiger partial charge in [0.2, 0.25) is 11.8 Å². The molecule has 0 spiro atoms. The highest BCUT2D eigenvalue weighted by atomic mass is 35.5. The first-order valence-corrected chi connectivity index (χ1v) is 14.3. The van der Waals surface area contributed by atoms with Crippen molar-refractivity contribution in [3.05, 3.63) is 93.5 Å². The first kappa shape index (κ1) is 29.5. The molecule has 0 aliphatic rings. The minimum atomic E-state index is -4.14. The van der Waals surface area contributed by atoms with Crippen molar-refractivity contribution in [3.63, 3.8) is 0 Å². The van der Waals surface area contributed by atoms with Crippen LogP contribution in [-0.2, 0) is 32.6 Å². The van der Waals surface area contributed by atoms with Gasteiger partial charge in [-0.15, -0.1) is 0 Å². The summed E-state index contributed by atoms with van der Waals surface area (Å²) in [5.74, 6) is -0.998. The molecule has 0 bridgehead atoms. The van der Waals surface area contributed by atoms with E-state index in [1.807, 2.05) is 26.0 Å². The lowest BCUT2D eigenvalue weighted by atomic mass is 10.1. The van der Waals surface area contributed by atoms with Crippen LogP contribution in [0.15, 0.2) is 71.6 Å². The Bertz CT molecular complexity index is 1390. The van der Waals surface area contributed by atoms with Crippen LogP contribution in [0, 0.1) is 6.92 Å². The van der Waals surface area contributed by atoms with Gasteiger partial charge in [0.25, 0.3) is 10.0 Å². The first-order chi connectivity index (χ1) is 18.0. The molecule has 3 rings (SSSR count). The van der Waals surface area contributed by atoms with Gasteiger partial charge in [0.15, 0.2) is 0 Å². The number of nitrogens with zero attached hydrogens (tertiary/aromatic N) is 2. The highest BCUT2D eigenvalue weighted by Gasteiger charge is 2.33. The lowest BCUT2D eigenvalue weighted by Gasteiger charge is -2.32. The second kappa shape index (κ2) is 12.7. The number of sulfonamides is 1. The van der Waals surface area contributed by atoms with Gasteiger partial charge in [0.1, 0.15) is 12.6 Å². The molecule has 0 aromatic heterocycles. The fourth-order valence-electron chi connectivity index (χ4n) is 4.05. The number of anilines is 1. The molecule has 38 heavy (non-hydrogen) atoms. The molecule has 3 aromatic rings. The molecule has 0 aliphatic heterocycles. The minimum absolute atomic E-state index is 0.0573. The second-order valence-corrected chi connectivity index (χ2v) is 11.5. The summed E-state index contributed by atoms with van der Waals surface area (Å²) in [6.07, 6.45) is 0.553. The van der Waals surface area contributed by atoms with Gasteiger partial charge in [-0.3, -0.25) is 13.9 Å². The monoisotopic (exact) mass is 575 g/mol. The van der Waals surface area contributed by atoms with Crippen LogP contribution in [0.1, 0.15) is 30.5 Å². The van der Waals surface area contributed by atoms with Crippen molar-refractivity contribution >= 4 is 50.7 Å². The van der Waals surface area contributed by atoms with E-state index in [2.05, 4.69) is 5.32 Å². The van der Waals surface area contributed by atoms with E-state index in [-0.39, 0.29) is 11.4 Å². The fourth-order valence-corrected chi connectivity index (χ4v) is 6.02. The smallest absolute Gasteiger partial charge is 0.264 e. The predicted octanol–water partition coefficient (Wildman–Crippen LogP) is 5.22.